The Hall–Kier alpha value is -1.00. The molecule has 0 aliphatic carbocycles. The van der Waals surface area contributed by atoms with Crippen LogP contribution in [0, 0.1) is 0 Å². The molecule has 0 radical (unpaired) electrons. The van der Waals surface area contributed by atoms with E-state index >= 15 is 0 Å². The van der Waals surface area contributed by atoms with Gasteiger partial charge in [-0.1, -0.05) is 12.1 Å². The van der Waals surface area contributed by atoms with Gasteiger partial charge in [-0.3, -0.25) is 4.79 Å². The van der Waals surface area contributed by atoms with E-state index in [1.54, 1.807) is 25.1 Å². The number of hydrogen-bond acceptors (Lipinski definition) is 4. The fourth-order valence-corrected chi connectivity index (χ4v) is 1.85. The van der Waals surface area contributed by atoms with Crippen LogP contribution in [0.15, 0.2) is 23.1 Å². The zero-order chi connectivity index (χ0) is 12.8. The van der Waals surface area contributed by atoms with Crippen LogP contribution in [0.1, 0.15) is 22.8 Å². The zero-order valence-electron chi connectivity index (χ0n) is 9.40. The molecule has 0 aliphatic rings. The molecular formula is C12H13ClO3S. The van der Waals surface area contributed by atoms with Gasteiger partial charge >= 0.3 is 5.97 Å². The van der Waals surface area contributed by atoms with Crippen LogP contribution >= 0.6 is 24.2 Å². The van der Waals surface area contributed by atoms with E-state index in [2.05, 4.69) is 12.6 Å². The first-order valence-electron chi connectivity index (χ1n) is 5.15. The number of carbonyl (C=O) groups is 2. The number of esters is 1. The van der Waals surface area contributed by atoms with Crippen LogP contribution < -0.4 is 0 Å². The highest BCUT2D eigenvalue weighted by Gasteiger charge is 2.17. The van der Waals surface area contributed by atoms with Crippen molar-refractivity contribution >= 4 is 36.0 Å². The highest BCUT2D eigenvalue weighted by atomic mass is 35.5. The number of hydrogen-bond donors (Lipinski definition) is 1. The highest BCUT2D eigenvalue weighted by molar-refractivity contribution is 7.80. The summed E-state index contributed by atoms with van der Waals surface area (Å²) < 4.78 is 4.93. The lowest BCUT2D eigenvalue weighted by Gasteiger charge is -2.10. The van der Waals surface area contributed by atoms with E-state index in [9.17, 15) is 9.59 Å². The molecule has 1 aromatic rings. The number of Topliss-reactive ketones (excluding diaryl/α,β-unsaturated/α-hetero) is 1. The molecule has 0 unspecified atom stereocenters. The van der Waals surface area contributed by atoms with Gasteiger partial charge in [0.25, 0.3) is 0 Å². The average molecular weight is 273 g/mol. The van der Waals surface area contributed by atoms with Crippen molar-refractivity contribution in [2.24, 2.45) is 0 Å². The Morgan fingerprint density at radius 2 is 2.12 bits per heavy atom. The largest absolute Gasteiger partial charge is 0.462 e. The fraction of sp³-hybridized carbons (Fsp3) is 0.333. The Kier molecular flexibility index (Phi) is 5.51. The second-order valence-corrected chi connectivity index (χ2v) is 4.13. The molecule has 1 rings (SSSR count). The minimum Gasteiger partial charge on any atom is -0.462 e. The molecule has 0 saturated heterocycles. The van der Waals surface area contributed by atoms with E-state index in [0.717, 1.165) is 0 Å². The van der Waals surface area contributed by atoms with Crippen molar-refractivity contribution in [3.8, 4) is 0 Å². The molecule has 1 aromatic carbocycles. The van der Waals surface area contributed by atoms with Gasteiger partial charge in [0.15, 0.2) is 5.78 Å². The normalized spacial score (nSPS) is 10.1. The topological polar surface area (TPSA) is 43.4 Å². The zero-order valence-corrected chi connectivity index (χ0v) is 11.1. The summed E-state index contributed by atoms with van der Waals surface area (Å²) in [6.07, 6.45) is 0.117. The highest BCUT2D eigenvalue weighted by Crippen LogP contribution is 2.20. The summed E-state index contributed by atoms with van der Waals surface area (Å²) in [4.78, 5) is 23.6. The van der Waals surface area contributed by atoms with E-state index in [1.807, 2.05) is 0 Å². The lowest BCUT2D eigenvalue weighted by Crippen LogP contribution is -2.13. The standard InChI is InChI=1S/C12H13ClO3S/c1-2-16-12(15)11-8(6-9(14)7-13)4-3-5-10(11)17/h3-5,17H,2,6-7H2,1H3. The third-order valence-electron chi connectivity index (χ3n) is 2.14. The van der Waals surface area contributed by atoms with Crippen LogP contribution in [-0.4, -0.2) is 24.2 Å². The Morgan fingerprint density at radius 3 is 2.71 bits per heavy atom. The van der Waals surface area contributed by atoms with Crippen molar-refractivity contribution < 1.29 is 14.3 Å². The molecule has 5 heteroatoms. The lowest BCUT2D eigenvalue weighted by molar-refractivity contribution is -0.116. The average Bonchev–Trinajstić information content (AvgIpc) is 2.29. The maximum Gasteiger partial charge on any atom is 0.339 e. The van der Waals surface area contributed by atoms with Crippen molar-refractivity contribution in [2.45, 2.75) is 18.2 Å². The van der Waals surface area contributed by atoms with Crippen molar-refractivity contribution in [2.75, 3.05) is 12.5 Å². The Bertz CT molecular complexity index is 432. The smallest absolute Gasteiger partial charge is 0.339 e. The quantitative estimate of drug-likeness (QED) is 0.509. The van der Waals surface area contributed by atoms with Crippen molar-refractivity contribution in [3.63, 3.8) is 0 Å². The summed E-state index contributed by atoms with van der Waals surface area (Å²) in [5.41, 5.74) is 0.942. The molecule has 0 heterocycles. The SMILES string of the molecule is CCOC(=O)c1c(S)cccc1CC(=O)CCl. The molecule has 0 bridgehead atoms. The summed E-state index contributed by atoms with van der Waals surface area (Å²) in [7, 11) is 0. The number of ether oxygens (including phenoxy) is 1. The van der Waals surface area contributed by atoms with Crippen LogP contribution in [0.4, 0.5) is 0 Å². The van der Waals surface area contributed by atoms with Crippen molar-refractivity contribution in [1.29, 1.82) is 0 Å². The molecule has 0 atom stereocenters. The van der Waals surface area contributed by atoms with E-state index in [4.69, 9.17) is 16.3 Å². The van der Waals surface area contributed by atoms with Crippen molar-refractivity contribution in [1.82, 2.24) is 0 Å². The molecule has 0 aliphatic heterocycles. The van der Waals surface area contributed by atoms with Crippen LogP contribution in [0.25, 0.3) is 0 Å². The van der Waals surface area contributed by atoms with Gasteiger partial charge < -0.3 is 4.74 Å². The van der Waals surface area contributed by atoms with Gasteiger partial charge in [0.1, 0.15) is 0 Å². The summed E-state index contributed by atoms with van der Waals surface area (Å²) in [6.45, 7) is 2.01. The molecule has 0 fully saturated rings. The third-order valence-corrected chi connectivity index (χ3v) is 2.82. The van der Waals surface area contributed by atoms with Gasteiger partial charge in [0.05, 0.1) is 18.1 Å². The van der Waals surface area contributed by atoms with E-state index in [-0.39, 0.29) is 24.7 Å². The number of halogens is 1. The van der Waals surface area contributed by atoms with Crippen molar-refractivity contribution in [3.05, 3.63) is 29.3 Å². The Labute approximate surface area is 111 Å². The predicted octanol–water partition coefficient (Wildman–Crippen LogP) is 2.50. The van der Waals surface area contributed by atoms with Crippen LogP contribution in [-0.2, 0) is 16.0 Å². The minimum atomic E-state index is -0.463. The molecule has 92 valence electrons. The minimum absolute atomic E-state index is 0.0704. The monoisotopic (exact) mass is 272 g/mol. The molecule has 17 heavy (non-hydrogen) atoms. The summed E-state index contributed by atoms with van der Waals surface area (Å²) in [5, 5.41) is 0. The second kappa shape index (κ2) is 6.67. The van der Waals surface area contributed by atoms with Gasteiger partial charge in [0.2, 0.25) is 0 Å². The van der Waals surface area contributed by atoms with Crippen LogP contribution in [0.5, 0.6) is 0 Å². The maximum atomic E-state index is 11.7. The number of thiol groups is 1. The van der Waals surface area contributed by atoms with Gasteiger partial charge in [-0.2, -0.15) is 0 Å². The first kappa shape index (κ1) is 14.1. The second-order valence-electron chi connectivity index (χ2n) is 3.38. The number of alkyl halides is 1. The first-order chi connectivity index (χ1) is 8.10. The number of benzene rings is 1. The maximum absolute atomic E-state index is 11.7. The molecule has 0 saturated carbocycles. The van der Waals surface area contributed by atoms with E-state index in [1.165, 1.54) is 0 Å². The first-order valence-corrected chi connectivity index (χ1v) is 6.14. The summed E-state index contributed by atoms with van der Waals surface area (Å²) in [6, 6.07) is 5.13. The van der Waals surface area contributed by atoms with E-state index < -0.39 is 5.97 Å². The van der Waals surface area contributed by atoms with Gasteiger partial charge in [-0.15, -0.1) is 24.2 Å². The number of ketones is 1. The van der Waals surface area contributed by atoms with Crippen LogP contribution in [0.2, 0.25) is 0 Å². The molecule has 3 nitrogen and oxygen atoms in total. The molecule has 0 N–H and O–H groups in total. The van der Waals surface area contributed by atoms with Gasteiger partial charge in [0, 0.05) is 11.3 Å². The number of rotatable bonds is 5. The summed E-state index contributed by atoms with van der Waals surface area (Å²) >= 11 is 9.66. The molecule has 0 spiro atoms. The van der Waals surface area contributed by atoms with Gasteiger partial charge in [-0.25, -0.2) is 4.79 Å². The van der Waals surface area contributed by atoms with Gasteiger partial charge in [-0.05, 0) is 18.6 Å². The van der Waals surface area contributed by atoms with E-state index in [0.29, 0.717) is 16.0 Å². The Morgan fingerprint density at radius 1 is 1.41 bits per heavy atom. The molecular weight excluding hydrogens is 260 g/mol. The number of carbonyl (C=O) groups excluding carboxylic acids is 2. The summed E-state index contributed by atoms with van der Waals surface area (Å²) in [5.74, 6) is -0.675. The fourth-order valence-electron chi connectivity index (χ4n) is 1.43. The Balaban J connectivity index is 3.08. The third kappa shape index (κ3) is 3.75. The predicted molar refractivity (Wildman–Crippen MR) is 69.1 cm³/mol. The molecule has 0 aromatic heterocycles. The molecule has 0 amide bonds. The van der Waals surface area contributed by atoms with Crippen LogP contribution in [0.3, 0.4) is 0 Å². The lowest BCUT2D eigenvalue weighted by atomic mass is 10.0.